The van der Waals surface area contributed by atoms with Crippen molar-refractivity contribution >= 4 is 49.2 Å². The number of rotatable bonds is 3. The molecule has 3 rings (SSSR count). The molecule has 0 bridgehead atoms. The largest absolute Gasteiger partial charge is 0.417 e. The van der Waals surface area contributed by atoms with Crippen LogP contribution in [0.25, 0.3) is 0 Å². The fraction of sp³-hybridized carbons (Fsp3) is 0.353. The van der Waals surface area contributed by atoms with Crippen LogP contribution in [0.5, 0.6) is 0 Å². The van der Waals surface area contributed by atoms with Gasteiger partial charge in [-0.05, 0) is 52.5 Å². The van der Waals surface area contributed by atoms with Crippen LogP contribution >= 0.6 is 39.1 Å². The summed E-state index contributed by atoms with van der Waals surface area (Å²) in [6.45, 7) is -0.161. The van der Waals surface area contributed by atoms with Crippen LogP contribution in [0.2, 0.25) is 10.2 Å². The topological polar surface area (TPSA) is 70.5 Å². The van der Waals surface area contributed by atoms with Crippen molar-refractivity contribution in [1.29, 1.82) is 0 Å². The number of nitrogens with zero attached hydrogens (tertiary/aromatic N) is 2. The molecule has 29 heavy (non-hydrogen) atoms. The maximum atomic E-state index is 13.1. The van der Waals surface area contributed by atoms with Crippen LogP contribution < -0.4 is 0 Å². The molecular weight excluding hydrogens is 520 g/mol. The summed E-state index contributed by atoms with van der Waals surface area (Å²) < 4.78 is 66.4. The standard InChI is InChI=1S/C17H14BrCl2F3N2O3S/c18-13-8-11(9-24-15(13)20)29(27,28)25-5-3-16(26,4-6-25)10-1-2-14(19)12(7-10)17(21,22)23/h1-2,7-9,26H,3-6H2. The molecule has 0 unspecified atom stereocenters. The van der Waals surface area contributed by atoms with Gasteiger partial charge in [-0.3, -0.25) is 0 Å². The van der Waals surface area contributed by atoms with Gasteiger partial charge in [0.2, 0.25) is 10.0 Å². The molecule has 2 aromatic rings. The Hall–Kier alpha value is -0.910. The van der Waals surface area contributed by atoms with Crippen molar-refractivity contribution in [3.05, 3.63) is 56.2 Å². The number of aliphatic hydroxyl groups is 1. The van der Waals surface area contributed by atoms with Crippen LogP contribution in [-0.2, 0) is 21.8 Å². The Morgan fingerprint density at radius 1 is 1.17 bits per heavy atom. The highest BCUT2D eigenvalue weighted by atomic mass is 79.9. The number of sulfonamides is 1. The molecule has 0 amide bonds. The first-order chi connectivity index (χ1) is 13.3. The van der Waals surface area contributed by atoms with Gasteiger partial charge in [0.25, 0.3) is 0 Å². The molecule has 1 aromatic carbocycles. The summed E-state index contributed by atoms with van der Waals surface area (Å²) >= 11 is 14.5. The highest BCUT2D eigenvalue weighted by Gasteiger charge is 2.41. The summed E-state index contributed by atoms with van der Waals surface area (Å²) in [5.74, 6) is 0. The van der Waals surface area contributed by atoms with E-state index in [-0.39, 0.29) is 41.5 Å². The van der Waals surface area contributed by atoms with Crippen LogP contribution in [-0.4, -0.2) is 35.9 Å². The van der Waals surface area contributed by atoms with E-state index in [1.165, 1.54) is 12.1 Å². The van der Waals surface area contributed by atoms with E-state index in [4.69, 9.17) is 23.2 Å². The number of benzene rings is 1. The number of alkyl halides is 3. The Balaban J connectivity index is 1.83. The first-order valence-corrected chi connectivity index (χ1v) is 11.2. The lowest BCUT2D eigenvalue weighted by molar-refractivity contribution is -0.137. The van der Waals surface area contributed by atoms with E-state index in [2.05, 4.69) is 20.9 Å². The third-order valence-electron chi connectivity index (χ3n) is 4.77. The molecule has 0 atom stereocenters. The van der Waals surface area contributed by atoms with E-state index in [9.17, 15) is 26.7 Å². The minimum Gasteiger partial charge on any atom is -0.385 e. The van der Waals surface area contributed by atoms with Gasteiger partial charge in [-0.15, -0.1) is 0 Å². The van der Waals surface area contributed by atoms with E-state index in [1.807, 2.05) is 0 Å². The summed E-state index contributed by atoms with van der Waals surface area (Å²) in [4.78, 5) is 3.72. The normalized spacial score (nSPS) is 18.0. The number of pyridine rings is 1. The predicted octanol–water partition coefficient (Wildman–Crippen LogP) is 4.84. The average molecular weight is 534 g/mol. The monoisotopic (exact) mass is 532 g/mol. The Morgan fingerprint density at radius 2 is 1.79 bits per heavy atom. The number of aromatic nitrogens is 1. The van der Waals surface area contributed by atoms with Crippen LogP contribution in [0.4, 0.5) is 13.2 Å². The third-order valence-corrected chi connectivity index (χ3v) is 8.10. The van der Waals surface area contributed by atoms with Crippen molar-refractivity contribution in [1.82, 2.24) is 9.29 Å². The lowest BCUT2D eigenvalue weighted by Crippen LogP contribution is -2.45. The van der Waals surface area contributed by atoms with Crippen molar-refractivity contribution in [2.45, 2.75) is 29.5 Å². The number of hydrogen-bond acceptors (Lipinski definition) is 4. The Bertz CT molecular complexity index is 1040. The predicted molar refractivity (Wildman–Crippen MR) is 105 cm³/mol. The molecule has 0 spiro atoms. The summed E-state index contributed by atoms with van der Waals surface area (Å²) in [7, 11) is -3.90. The van der Waals surface area contributed by atoms with Crippen LogP contribution in [0.3, 0.4) is 0 Å². The highest BCUT2D eigenvalue weighted by molar-refractivity contribution is 9.10. The molecule has 1 aromatic heterocycles. The molecule has 2 heterocycles. The summed E-state index contributed by atoms with van der Waals surface area (Å²) in [5.41, 5.74) is -2.60. The zero-order valence-corrected chi connectivity index (χ0v) is 18.5. The molecule has 0 saturated carbocycles. The Labute approximate surface area is 183 Å². The highest BCUT2D eigenvalue weighted by Crippen LogP contribution is 2.40. The van der Waals surface area contributed by atoms with E-state index < -0.39 is 32.4 Å². The van der Waals surface area contributed by atoms with Crippen molar-refractivity contribution in [3.63, 3.8) is 0 Å². The summed E-state index contributed by atoms with van der Waals surface area (Å²) in [6, 6.07) is 4.53. The maximum Gasteiger partial charge on any atom is 0.417 e. The zero-order chi connectivity index (χ0) is 21.6. The van der Waals surface area contributed by atoms with Crippen molar-refractivity contribution in [2.24, 2.45) is 0 Å². The van der Waals surface area contributed by atoms with Gasteiger partial charge in [-0.2, -0.15) is 17.5 Å². The van der Waals surface area contributed by atoms with Gasteiger partial charge in [0.05, 0.1) is 20.7 Å². The summed E-state index contributed by atoms with van der Waals surface area (Å²) in [6.07, 6.45) is -3.69. The average Bonchev–Trinajstić information content (AvgIpc) is 2.63. The lowest BCUT2D eigenvalue weighted by atomic mass is 9.84. The molecule has 158 valence electrons. The SMILES string of the molecule is O=S(=O)(c1cnc(Cl)c(Br)c1)N1CCC(O)(c2ccc(Cl)c(C(F)(F)F)c2)CC1. The van der Waals surface area contributed by atoms with Crippen LogP contribution in [0, 0.1) is 0 Å². The fourth-order valence-electron chi connectivity index (χ4n) is 3.11. The Kier molecular flexibility index (Phi) is 6.26. The molecule has 12 heteroatoms. The second-order valence-corrected chi connectivity index (χ2v) is 10.1. The van der Waals surface area contributed by atoms with E-state index in [1.54, 1.807) is 0 Å². The molecule has 1 aliphatic rings. The van der Waals surface area contributed by atoms with Crippen LogP contribution in [0.1, 0.15) is 24.0 Å². The van der Waals surface area contributed by atoms with Gasteiger partial charge in [0.15, 0.2) is 0 Å². The molecule has 5 nitrogen and oxygen atoms in total. The summed E-state index contributed by atoms with van der Waals surface area (Å²) in [5, 5.41) is 10.5. The van der Waals surface area contributed by atoms with Gasteiger partial charge in [-0.25, -0.2) is 13.4 Å². The number of piperidine rings is 1. The zero-order valence-electron chi connectivity index (χ0n) is 14.5. The Morgan fingerprint density at radius 3 is 2.34 bits per heavy atom. The first-order valence-electron chi connectivity index (χ1n) is 8.25. The van der Waals surface area contributed by atoms with Crippen LogP contribution in [0.15, 0.2) is 39.8 Å². The second kappa shape index (κ2) is 7.97. The minimum absolute atomic E-state index is 0.0437. The van der Waals surface area contributed by atoms with Gasteiger partial charge in [0, 0.05) is 19.3 Å². The molecule has 1 N–H and O–H groups in total. The van der Waals surface area contributed by atoms with Gasteiger partial charge in [0.1, 0.15) is 10.0 Å². The van der Waals surface area contributed by atoms with Gasteiger partial charge in [-0.1, -0.05) is 29.3 Å². The molecule has 1 fully saturated rings. The quantitative estimate of drug-likeness (QED) is 0.573. The maximum absolute atomic E-state index is 13.1. The molecule has 1 saturated heterocycles. The third kappa shape index (κ3) is 4.57. The lowest BCUT2D eigenvalue weighted by Gasteiger charge is -2.38. The van der Waals surface area contributed by atoms with E-state index in [0.717, 1.165) is 22.6 Å². The number of hydrogen-bond donors (Lipinski definition) is 1. The van der Waals surface area contributed by atoms with E-state index >= 15 is 0 Å². The van der Waals surface area contributed by atoms with Gasteiger partial charge < -0.3 is 5.11 Å². The molecule has 1 aliphatic heterocycles. The molecule has 0 radical (unpaired) electrons. The van der Waals surface area contributed by atoms with Gasteiger partial charge >= 0.3 is 6.18 Å². The smallest absolute Gasteiger partial charge is 0.385 e. The molecule has 0 aliphatic carbocycles. The first kappa shape index (κ1) is 22.8. The number of halogens is 6. The van der Waals surface area contributed by atoms with Crippen molar-refractivity contribution in [3.8, 4) is 0 Å². The van der Waals surface area contributed by atoms with Crippen molar-refractivity contribution < 1.29 is 26.7 Å². The van der Waals surface area contributed by atoms with Crippen molar-refractivity contribution in [2.75, 3.05) is 13.1 Å². The second-order valence-electron chi connectivity index (χ2n) is 6.57. The minimum atomic E-state index is -4.66. The van der Waals surface area contributed by atoms with E-state index in [0.29, 0.717) is 4.47 Å². The fourth-order valence-corrected chi connectivity index (χ4v) is 5.35. The molecular formula is C17H14BrCl2F3N2O3S.